The lowest BCUT2D eigenvalue weighted by molar-refractivity contribution is 0.0696. The fraction of sp³-hybridized carbons (Fsp3) is 0.364. The van der Waals surface area contributed by atoms with Gasteiger partial charge in [-0.05, 0) is 41.1 Å². The number of carboxylic acid groups (broad SMARTS) is 1. The van der Waals surface area contributed by atoms with Gasteiger partial charge in [0, 0.05) is 7.11 Å². The highest BCUT2D eigenvalue weighted by Crippen LogP contribution is 2.26. The van der Waals surface area contributed by atoms with Crippen LogP contribution in [0.3, 0.4) is 0 Å². The summed E-state index contributed by atoms with van der Waals surface area (Å²) in [4.78, 5) is 10.7. The van der Waals surface area contributed by atoms with Crippen LogP contribution in [0.5, 0.6) is 5.75 Å². The number of benzene rings is 1. The lowest BCUT2D eigenvalue weighted by Crippen LogP contribution is -2.18. The van der Waals surface area contributed by atoms with Crippen LogP contribution in [-0.4, -0.2) is 30.9 Å². The second kappa shape index (κ2) is 5.86. The van der Waals surface area contributed by atoms with E-state index in [-0.39, 0.29) is 11.7 Å². The SMILES string of the molecule is COCC(C)Oc1ccc(C(=O)O)cc1Br. The number of ether oxygens (including phenoxy) is 2. The van der Waals surface area contributed by atoms with E-state index in [9.17, 15) is 4.79 Å². The number of carboxylic acids is 1. The van der Waals surface area contributed by atoms with Crippen LogP contribution in [0.1, 0.15) is 17.3 Å². The first-order valence-electron chi connectivity index (χ1n) is 4.73. The van der Waals surface area contributed by atoms with Gasteiger partial charge in [-0.25, -0.2) is 4.79 Å². The Balaban J connectivity index is 2.79. The number of hydrogen-bond donors (Lipinski definition) is 1. The highest BCUT2D eigenvalue weighted by Gasteiger charge is 2.10. The number of aromatic carboxylic acids is 1. The van der Waals surface area contributed by atoms with Gasteiger partial charge in [-0.3, -0.25) is 0 Å². The Morgan fingerprint density at radius 3 is 2.75 bits per heavy atom. The van der Waals surface area contributed by atoms with Crippen molar-refractivity contribution in [3.8, 4) is 5.75 Å². The topological polar surface area (TPSA) is 55.8 Å². The molecule has 0 aliphatic heterocycles. The molecule has 1 rings (SSSR count). The van der Waals surface area contributed by atoms with E-state index in [4.69, 9.17) is 14.6 Å². The maximum absolute atomic E-state index is 10.7. The number of methoxy groups -OCH3 is 1. The second-order valence-electron chi connectivity index (χ2n) is 3.33. The number of rotatable bonds is 5. The molecule has 0 aliphatic rings. The van der Waals surface area contributed by atoms with E-state index in [0.717, 1.165) is 0 Å². The van der Waals surface area contributed by atoms with Crippen molar-refractivity contribution in [3.63, 3.8) is 0 Å². The minimum atomic E-state index is -0.961. The first-order chi connectivity index (χ1) is 7.54. The molecule has 0 fully saturated rings. The van der Waals surface area contributed by atoms with Crippen molar-refractivity contribution in [2.75, 3.05) is 13.7 Å². The van der Waals surface area contributed by atoms with Gasteiger partial charge in [0.05, 0.1) is 16.6 Å². The molecule has 1 aromatic rings. The molecular formula is C11H13BrO4. The quantitative estimate of drug-likeness (QED) is 0.905. The van der Waals surface area contributed by atoms with Crippen molar-refractivity contribution in [1.29, 1.82) is 0 Å². The molecule has 4 nitrogen and oxygen atoms in total. The van der Waals surface area contributed by atoms with Gasteiger partial charge in [0.2, 0.25) is 0 Å². The standard InChI is InChI=1S/C11H13BrO4/c1-7(6-15-2)16-10-4-3-8(11(13)14)5-9(10)12/h3-5,7H,6H2,1-2H3,(H,13,14). The van der Waals surface area contributed by atoms with Crippen LogP contribution in [0.25, 0.3) is 0 Å². The third-order valence-corrected chi connectivity index (χ3v) is 2.53. The molecule has 1 unspecified atom stereocenters. The van der Waals surface area contributed by atoms with Gasteiger partial charge in [0.25, 0.3) is 0 Å². The van der Waals surface area contributed by atoms with E-state index in [2.05, 4.69) is 15.9 Å². The van der Waals surface area contributed by atoms with Crippen molar-refractivity contribution in [3.05, 3.63) is 28.2 Å². The second-order valence-corrected chi connectivity index (χ2v) is 4.19. The Morgan fingerprint density at radius 2 is 2.25 bits per heavy atom. The molecule has 0 aromatic heterocycles. The smallest absolute Gasteiger partial charge is 0.335 e. The summed E-state index contributed by atoms with van der Waals surface area (Å²) >= 11 is 3.27. The Hall–Kier alpha value is -1.07. The molecule has 0 bridgehead atoms. The summed E-state index contributed by atoms with van der Waals surface area (Å²) < 4.78 is 11.1. The highest BCUT2D eigenvalue weighted by atomic mass is 79.9. The van der Waals surface area contributed by atoms with Crippen molar-refractivity contribution < 1.29 is 19.4 Å². The average molecular weight is 289 g/mol. The summed E-state index contributed by atoms with van der Waals surface area (Å²) in [5.74, 6) is -0.355. The van der Waals surface area contributed by atoms with Crippen LogP contribution in [0.2, 0.25) is 0 Å². The zero-order valence-electron chi connectivity index (χ0n) is 9.07. The van der Waals surface area contributed by atoms with Crippen molar-refractivity contribution in [2.24, 2.45) is 0 Å². The van der Waals surface area contributed by atoms with Crippen LogP contribution in [0.15, 0.2) is 22.7 Å². The normalized spacial score (nSPS) is 12.2. The number of halogens is 1. The van der Waals surface area contributed by atoms with Crippen molar-refractivity contribution in [1.82, 2.24) is 0 Å². The monoisotopic (exact) mass is 288 g/mol. The fourth-order valence-corrected chi connectivity index (χ4v) is 1.69. The molecule has 0 amide bonds. The molecule has 0 saturated heterocycles. The van der Waals surface area contributed by atoms with E-state index in [1.807, 2.05) is 6.92 Å². The molecule has 5 heteroatoms. The Kier molecular flexibility index (Phi) is 4.76. The van der Waals surface area contributed by atoms with Crippen molar-refractivity contribution in [2.45, 2.75) is 13.0 Å². The molecule has 0 saturated carbocycles. The third kappa shape index (κ3) is 3.50. The summed E-state index contributed by atoms with van der Waals surface area (Å²) in [6.07, 6.45) is -0.0861. The summed E-state index contributed by atoms with van der Waals surface area (Å²) in [5.41, 5.74) is 0.221. The van der Waals surface area contributed by atoms with Gasteiger partial charge >= 0.3 is 5.97 Å². The van der Waals surface area contributed by atoms with E-state index in [1.165, 1.54) is 12.1 Å². The predicted octanol–water partition coefficient (Wildman–Crippen LogP) is 2.56. The molecular weight excluding hydrogens is 276 g/mol. The lowest BCUT2D eigenvalue weighted by atomic mass is 10.2. The zero-order valence-corrected chi connectivity index (χ0v) is 10.7. The number of carbonyl (C=O) groups is 1. The van der Waals surface area contributed by atoms with Crippen molar-refractivity contribution >= 4 is 21.9 Å². The van der Waals surface area contributed by atoms with Crippen LogP contribution >= 0.6 is 15.9 Å². The zero-order chi connectivity index (χ0) is 12.1. The molecule has 0 heterocycles. The Bertz CT molecular complexity index is 378. The summed E-state index contributed by atoms with van der Waals surface area (Å²) in [6, 6.07) is 4.64. The van der Waals surface area contributed by atoms with E-state index in [0.29, 0.717) is 16.8 Å². The third-order valence-electron chi connectivity index (χ3n) is 1.91. The fourth-order valence-electron chi connectivity index (χ4n) is 1.21. The molecule has 88 valence electrons. The summed E-state index contributed by atoms with van der Waals surface area (Å²) in [6.45, 7) is 2.36. The summed E-state index contributed by atoms with van der Waals surface area (Å²) in [5, 5.41) is 8.78. The van der Waals surface area contributed by atoms with Gasteiger partial charge in [0.15, 0.2) is 0 Å². The van der Waals surface area contributed by atoms with Crippen LogP contribution in [0, 0.1) is 0 Å². The van der Waals surface area contributed by atoms with Gasteiger partial charge < -0.3 is 14.6 Å². The largest absolute Gasteiger partial charge is 0.487 e. The lowest BCUT2D eigenvalue weighted by Gasteiger charge is -2.15. The van der Waals surface area contributed by atoms with Gasteiger partial charge in [-0.2, -0.15) is 0 Å². The first kappa shape index (κ1) is 13.0. The maximum atomic E-state index is 10.7. The Labute approximate surface area is 102 Å². The van der Waals surface area contributed by atoms with Gasteiger partial charge in [-0.1, -0.05) is 0 Å². The van der Waals surface area contributed by atoms with E-state index >= 15 is 0 Å². The highest BCUT2D eigenvalue weighted by molar-refractivity contribution is 9.10. The average Bonchev–Trinajstić information content (AvgIpc) is 2.21. The van der Waals surface area contributed by atoms with Crippen LogP contribution < -0.4 is 4.74 Å². The minimum absolute atomic E-state index is 0.0861. The molecule has 0 radical (unpaired) electrons. The first-order valence-corrected chi connectivity index (χ1v) is 5.52. The maximum Gasteiger partial charge on any atom is 0.335 e. The Morgan fingerprint density at radius 1 is 1.56 bits per heavy atom. The molecule has 0 spiro atoms. The predicted molar refractivity (Wildman–Crippen MR) is 63.1 cm³/mol. The minimum Gasteiger partial charge on any atom is -0.487 e. The molecule has 1 N–H and O–H groups in total. The molecule has 1 atom stereocenters. The molecule has 0 aliphatic carbocycles. The number of hydrogen-bond acceptors (Lipinski definition) is 3. The molecule has 16 heavy (non-hydrogen) atoms. The molecule has 1 aromatic carbocycles. The van der Waals surface area contributed by atoms with E-state index in [1.54, 1.807) is 13.2 Å². The van der Waals surface area contributed by atoms with Crippen LogP contribution in [-0.2, 0) is 4.74 Å². The van der Waals surface area contributed by atoms with E-state index < -0.39 is 5.97 Å². The van der Waals surface area contributed by atoms with Gasteiger partial charge in [-0.15, -0.1) is 0 Å². The summed E-state index contributed by atoms with van der Waals surface area (Å²) in [7, 11) is 1.60. The van der Waals surface area contributed by atoms with Crippen LogP contribution in [0.4, 0.5) is 0 Å². The van der Waals surface area contributed by atoms with Gasteiger partial charge in [0.1, 0.15) is 11.9 Å².